The van der Waals surface area contributed by atoms with E-state index in [1.165, 1.54) is 21.1 Å². The highest BCUT2D eigenvalue weighted by Crippen LogP contribution is 2.42. The molecule has 1 aliphatic heterocycles. The molecule has 6 nitrogen and oxygen atoms in total. The van der Waals surface area contributed by atoms with Crippen LogP contribution >= 0.6 is 0 Å². The number of anilines is 1. The third-order valence-electron chi connectivity index (χ3n) is 4.32. The lowest BCUT2D eigenvalue weighted by molar-refractivity contribution is 0.478. The molecular weight excluding hydrogens is 343 g/mol. The van der Waals surface area contributed by atoms with Crippen molar-refractivity contribution in [3.05, 3.63) is 60.0 Å². The van der Waals surface area contributed by atoms with Crippen LogP contribution in [0.5, 0.6) is 0 Å². The normalized spacial score (nSPS) is 16.4. The number of fused-ring (bicyclic) bond motifs is 3. The molecule has 0 radical (unpaired) electrons. The summed E-state index contributed by atoms with van der Waals surface area (Å²) in [5.41, 5.74) is 2.46. The van der Waals surface area contributed by atoms with Crippen LogP contribution in [-0.2, 0) is 10.0 Å². The molecule has 0 bridgehead atoms. The second kappa shape index (κ2) is 5.38. The number of halogens is 1. The molecule has 1 unspecified atom stereocenters. The number of rotatable bonds is 2. The summed E-state index contributed by atoms with van der Waals surface area (Å²) in [7, 11) is -3.90. The second-order valence-corrected chi connectivity index (χ2v) is 7.79. The molecule has 0 saturated heterocycles. The highest BCUT2D eigenvalue weighted by Gasteiger charge is 2.37. The van der Waals surface area contributed by atoms with Crippen LogP contribution in [0.25, 0.3) is 11.3 Å². The van der Waals surface area contributed by atoms with Gasteiger partial charge in [-0.3, -0.25) is 0 Å². The van der Waals surface area contributed by atoms with E-state index in [9.17, 15) is 12.8 Å². The van der Waals surface area contributed by atoms with Crippen molar-refractivity contribution < 1.29 is 12.8 Å². The smallest absolute Gasteiger partial charge is 0.242 e. The number of sulfonamides is 1. The van der Waals surface area contributed by atoms with E-state index in [4.69, 9.17) is 0 Å². The highest BCUT2D eigenvalue weighted by molar-refractivity contribution is 7.92. The summed E-state index contributed by atoms with van der Waals surface area (Å²) in [5, 5.41) is 7.87. The van der Waals surface area contributed by atoms with E-state index in [1.807, 2.05) is 6.92 Å². The molecule has 3 aromatic rings. The Balaban J connectivity index is 1.96. The van der Waals surface area contributed by atoms with Crippen molar-refractivity contribution in [3.63, 3.8) is 0 Å². The van der Waals surface area contributed by atoms with Crippen molar-refractivity contribution in [2.24, 2.45) is 0 Å². The van der Waals surface area contributed by atoms with Crippen molar-refractivity contribution in [1.29, 1.82) is 0 Å². The number of hydrogen-bond donors (Lipinski definition) is 0. The van der Waals surface area contributed by atoms with Crippen molar-refractivity contribution in [2.75, 3.05) is 4.31 Å². The number of aryl methyl sites for hydroxylation is 1. The number of hydrogen-bond acceptors (Lipinski definition) is 4. The zero-order valence-corrected chi connectivity index (χ0v) is 14.4. The quantitative estimate of drug-likeness (QED) is 0.706. The van der Waals surface area contributed by atoms with Crippen molar-refractivity contribution in [3.8, 4) is 11.3 Å². The Hall–Kier alpha value is -2.74. The van der Waals surface area contributed by atoms with E-state index in [0.717, 1.165) is 5.56 Å². The number of aromatic nitrogens is 3. The van der Waals surface area contributed by atoms with Gasteiger partial charge in [-0.1, -0.05) is 22.9 Å². The van der Waals surface area contributed by atoms with E-state index in [-0.39, 0.29) is 10.6 Å². The Morgan fingerprint density at radius 1 is 1.12 bits per heavy atom. The lowest BCUT2D eigenvalue weighted by Gasteiger charge is -2.36. The maximum Gasteiger partial charge on any atom is 0.266 e. The first kappa shape index (κ1) is 15.8. The minimum Gasteiger partial charge on any atom is -0.242 e. The molecule has 1 aliphatic rings. The summed E-state index contributed by atoms with van der Waals surface area (Å²) >= 11 is 0. The van der Waals surface area contributed by atoms with Gasteiger partial charge < -0.3 is 0 Å². The SMILES string of the molecule is Cc1ccc(S(=O)(=O)N2c3cc(F)ccc3-c3cnnn3C2C)cc1. The first-order valence-electron chi connectivity index (χ1n) is 7.71. The largest absolute Gasteiger partial charge is 0.266 e. The average Bonchev–Trinajstić information content (AvgIpc) is 3.05. The van der Waals surface area contributed by atoms with Gasteiger partial charge in [0.1, 0.15) is 12.0 Å². The molecule has 1 atom stereocenters. The summed E-state index contributed by atoms with van der Waals surface area (Å²) in [4.78, 5) is 0.142. The fourth-order valence-electron chi connectivity index (χ4n) is 3.07. The predicted molar refractivity (Wildman–Crippen MR) is 91.0 cm³/mol. The molecule has 2 aromatic carbocycles. The summed E-state index contributed by atoms with van der Waals surface area (Å²) in [6.45, 7) is 3.57. The summed E-state index contributed by atoms with van der Waals surface area (Å²) in [5.74, 6) is -0.504. The summed E-state index contributed by atoms with van der Waals surface area (Å²) in [6.07, 6.45) is 0.876. The summed E-state index contributed by atoms with van der Waals surface area (Å²) < 4.78 is 43.1. The topological polar surface area (TPSA) is 68.1 Å². The third kappa shape index (κ3) is 2.32. The van der Waals surface area contributed by atoms with E-state index in [2.05, 4.69) is 10.3 Å². The van der Waals surface area contributed by atoms with Crippen molar-refractivity contribution in [1.82, 2.24) is 15.0 Å². The van der Waals surface area contributed by atoms with E-state index >= 15 is 0 Å². The lowest BCUT2D eigenvalue weighted by atomic mass is 10.1. The van der Waals surface area contributed by atoms with Crippen LogP contribution in [0.3, 0.4) is 0 Å². The molecule has 0 aliphatic carbocycles. The Morgan fingerprint density at radius 2 is 1.84 bits per heavy atom. The molecule has 128 valence electrons. The first-order valence-corrected chi connectivity index (χ1v) is 9.15. The molecular formula is C17H15FN4O2S. The van der Waals surface area contributed by atoms with Crippen LogP contribution in [0.1, 0.15) is 18.7 Å². The molecule has 0 spiro atoms. The Morgan fingerprint density at radius 3 is 2.56 bits per heavy atom. The van der Waals surface area contributed by atoms with Crippen LogP contribution in [0.15, 0.2) is 53.6 Å². The Bertz CT molecular complexity index is 1060. The van der Waals surface area contributed by atoms with Gasteiger partial charge in [-0.25, -0.2) is 21.8 Å². The van der Waals surface area contributed by atoms with Gasteiger partial charge in [0, 0.05) is 5.56 Å². The molecule has 0 fully saturated rings. The third-order valence-corrected chi connectivity index (χ3v) is 6.21. The molecule has 4 rings (SSSR count). The zero-order chi connectivity index (χ0) is 17.8. The van der Waals surface area contributed by atoms with E-state index in [1.54, 1.807) is 43.5 Å². The van der Waals surface area contributed by atoms with Crippen molar-refractivity contribution in [2.45, 2.75) is 24.9 Å². The van der Waals surface area contributed by atoms with Gasteiger partial charge in [-0.2, -0.15) is 0 Å². The van der Waals surface area contributed by atoms with Gasteiger partial charge in [0.15, 0.2) is 0 Å². The molecule has 8 heteroatoms. The van der Waals surface area contributed by atoms with Gasteiger partial charge in [0.2, 0.25) is 0 Å². The number of benzene rings is 2. The molecule has 25 heavy (non-hydrogen) atoms. The summed E-state index contributed by atoms with van der Waals surface area (Å²) in [6, 6.07) is 10.6. The lowest BCUT2D eigenvalue weighted by Crippen LogP contribution is -2.40. The minimum atomic E-state index is -3.90. The standard InChI is InChI=1S/C17H15FN4O2S/c1-11-3-6-14(7-4-11)25(23,24)22-12(2)21-17(10-19-20-21)15-8-5-13(18)9-16(15)22/h3-10,12H,1-2H3. The minimum absolute atomic E-state index is 0.142. The molecule has 0 saturated carbocycles. The maximum absolute atomic E-state index is 13.9. The van der Waals surface area contributed by atoms with Gasteiger partial charge in [-0.05, 0) is 44.2 Å². The van der Waals surface area contributed by atoms with Gasteiger partial charge in [0.05, 0.1) is 22.5 Å². The number of nitrogens with zero attached hydrogens (tertiary/aromatic N) is 4. The van der Waals surface area contributed by atoms with E-state index < -0.39 is 22.0 Å². The fourth-order valence-corrected chi connectivity index (χ4v) is 4.68. The Labute approximate surface area is 144 Å². The van der Waals surface area contributed by atoms with Crippen LogP contribution in [0.2, 0.25) is 0 Å². The van der Waals surface area contributed by atoms with Gasteiger partial charge in [0.25, 0.3) is 10.0 Å². The van der Waals surface area contributed by atoms with Crippen LogP contribution < -0.4 is 4.31 Å². The van der Waals surface area contributed by atoms with Crippen LogP contribution in [0, 0.1) is 12.7 Å². The van der Waals surface area contributed by atoms with Gasteiger partial charge >= 0.3 is 0 Å². The molecule has 2 heterocycles. The zero-order valence-electron chi connectivity index (χ0n) is 13.6. The monoisotopic (exact) mass is 358 g/mol. The van der Waals surface area contributed by atoms with Crippen molar-refractivity contribution >= 4 is 15.7 Å². The van der Waals surface area contributed by atoms with Crippen LogP contribution in [0.4, 0.5) is 10.1 Å². The molecule has 0 N–H and O–H groups in total. The van der Waals surface area contributed by atoms with Gasteiger partial charge in [-0.15, -0.1) is 5.10 Å². The Kier molecular flexibility index (Phi) is 3.40. The highest BCUT2D eigenvalue weighted by atomic mass is 32.2. The average molecular weight is 358 g/mol. The molecule has 1 aromatic heterocycles. The predicted octanol–water partition coefficient (Wildman–Crippen LogP) is 3.12. The van der Waals surface area contributed by atoms with Crippen LogP contribution in [-0.4, -0.2) is 23.4 Å². The van der Waals surface area contributed by atoms with E-state index in [0.29, 0.717) is 11.3 Å². The second-order valence-electron chi connectivity index (χ2n) is 5.97. The fraction of sp³-hybridized carbons (Fsp3) is 0.176. The maximum atomic E-state index is 13.9. The molecule has 0 amide bonds. The first-order chi connectivity index (χ1) is 11.9.